The first-order chi connectivity index (χ1) is 11.0. The van der Waals surface area contributed by atoms with Crippen LogP contribution in [0.1, 0.15) is 12.5 Å². The number of nitrogens with zero attached hydrogens (tertiary/aromatic N) is 1. The number of hydrogen-bond donors (Lipinski definition) is 5. The molecule has 0 radical (unpaired) electrons. The number of phenols is 1. The maximum atomic E-state index is 9.54. The number of nitrogens with one attached hydrogen (secondary N) is 2. The normalized spacial score (nSPS) is 16.9. The van der Waals surface area contributed by atoms with Gasteiger partial charge in [0, 0.05) is 23.7 Å². The average Bonchev–Trinajstić information content (AvgIpc) is 2.53. The molecule has 2 rings (SSSR count). The van der Waals surface area contributed by atoms with Crippen LogP contribution in [0.15, 0.2) is 70.8 Å². The highest BCUT2D eigenvalue weighted by atomic mass is 16.3. The van der Waals surface area contributed by atoms with E-state index in [1.54, 1.807) is 42.8 Å². The number of allylic oxidation sites excluding steroid dienone is 4. The second-order valence-corrected chi connectivity index (χ2v) is 4.84. The summed E-state index contributed by atoms with van der Waals surface area (Å²) in [5.41, 5.74) is 13.9. The van der Waals surface area contributed by atoms with Crippen LogP contribution in [0.4, 0.5) is 0 Å². The highest BCUT2D eigenvalue weighted by Gasteiger charge is 2.14. The number of aliphatic imine (C=N–C) groups is 1. The largest absolute Gasteiger partial charge is 0.508 e. The second-order valence-electron chi connectivity index (χ2n) is 4.84. The van der Waals surface area contributed by atoms with Gasteiger partial charge in [-0.15, -0.1) is 0 Å². The van der Waals surface area contributed by atoms with E-state index in [0.29, 0.717) is 17.1 Å². The molecule has 0 atom stereocenters. The average molecular weight is 309 g/mol. The molecule has 23 heavy (non-hydrogen) atoms. The number of phenolic OH excluding ortho intramolecular Hbond substituents is 1. The Hall–Kier alpha value is -3.28. The third-order valence-electron chi connectivity index (χ3n) is 3.14. The molecule has 1 heterocycles. The molecule has 0 bridgehead atoms. The van der Waals surface area contributed by atoms with Crippen molar-refractivity contribution in [3.05, 3.63) is 71.3 Å². The molecule has 1 aromatic rings. The number of nitrogens with two attached hydrogens (primary N) is 2. The van der Waals surface area contributed by atoms with Crippen LogP contribution >= 0.6 is 0 Å². The van der Waals surface area contributed by atoms with Crippen LogP contribution in [0.25, 0.3) is 5.57 Å². The molecule has 1 aliphatic rings. The smallest absolute Gasteiger partial charge is 0.143 e. The number of hydrogen-bond acceptors (Lipinski definition) is 5. The topological polar surface area (TPSA) is 121 Å². The molecule has 1 aliphatic heterocycles. The van der Waals surface area contributed by atoms with Gasteiger partial charge in [-0.05, 0) is 30.7 Å². The van der Waals surface area contributed by atoms with Gasteiger partial charge < -0.3 is 21.9 Å². The molecular formula is C17H19N5O. The maximum absolute atomic E-state index is 9.54. The Bertz CT molecular complexity index is 769. The molecule has 0 amide bonds. The number of aromatic hydroxyl groups is 1. The molecule has 0 unspecified atom stereocenters. The third-order valence-corrected chi connectivity index (χ3v) is 3.14. The number of amidine groups is 1. The van der Waals surface area contributed by atoms with Crippen LogP contribution in [0.2, 0.25) is 0 Å². The van der Waals surface area contributed by atoms with E-state index >= 15 is 0 Å². The van der Waals surface area contributed by atoms with Gasteiger partial charge in [0.15, 0.2) is 0 Å². The van der Waals surface area contributed by atoms with Crippen LogP contribution in [-0.4, -0.2) is 17.2 Å². The van der Waals surface area contributed by atoms with Gasteiger partial charge in [-0.2, -0.15) is 0 Å². The Kier molecular flexibility index (Phi) is 4.99. The summed E-state index contributed by atoms with van der Waals surface area (Å²) in [4.78, 5) is 4.30. The quantitative estimate of drug-likeness (QED) is 0.332. The van der Waals surface area contributed by atoms with Gasteiger partial charge in [0.05, 0.1) is 5.57 Å². The van der Waals surface area contributed by atoms with E-state index in [1.807, 2.05) is 19.1 Å². The predicted octanol–water partition coefficient (Wildman–Crippen LogP) is 1.97. The van der Waals surface area contributed by atoms with Gasteiger partial charge in [-0.25, -0.2) is 4.99 Å². The molecular weight excluding hydrogens is 290 g/mol. The van der Waals surface area contributed by atoms with E-state index in [-0.39, 0.29) is 11.6 Å². The fourth-order valence-corrected chi connectivity index (χ4v) is 2.04. The summed E-state index contributed by atoms with van der Waals surface area (Å²) in [6.07, 6.45) is 8.61. The highest BCUT2D eigenvalue weighted by Crippen LogP contribution is 2.21. The van der Waals surface area contributed by atoms with Crippen molar-refractivity contribution >= 4 is 17.6 Å². The second kappa shape index (κ2) is 7.13. The lowest BCUT2D eigenvalue weighted by Crippen LogP contribution is -2.24. The SMILES string of the molecule is C\C=C/C=C(N)/C(C(=N)N)=C1\N=CC(c2cccc(O)c2)=CN1. The highest BCUT2D eigenvalue weighted by molar-refractivity contribution is 6.11. The molecule has 118 valence electrons. The van der Waals surface area contributed by atoms with E-state index < -0.39 is 0 Å². The molecule has 0 spiro atoms. The first-order valence-corrected chi connectivity index (χ1v) is 7.00. The monoisotopic (exact) mass is 309 g/mol. The van der Waals surface area contributed by atoms with Gasteiger partial charge in [0.2, 0.25) is 0 Å². The van der Waals surface area contributed by atoms with Crippen LogP contribution in [0.5, 0.6) is 5.75 Å². The zero-order chi connectivity index (χ0) is 16.8. The van der Waals surface area contributed by atoms with E-state index in [2.05, 4.69) is 10.3 Å². The molecule has 6 heteroatoms. The van der Waals surface area contributed by atoms with E-state index in [0.717, 1.165) is 11.1 Å². The van der Waals surface area contributed by atoms with Crippen molar-refractivity contribution in [2.45, 2.75) is 6.92 Å². The van der Waals surface area contributed by atoms with E-state index in [4.69, 9.17) is 16.9 Å². The van der Waals surface area contributed by atoms with Crippen molar-refractivity contribution in [3.8, 4) is 5.75 Å². The van der Waals surface area contributed by atoms with E-state index in [9.17, 15) is 5.11 Å². The van der Waals surface area contributed by atoms with Crippen LogP contribution in [-0.2, 0) is 0 Å². The lowest BCUT2D eigenvalue weighted by molar-refractivity contribution is 0.475. The van der Waals surface area contributed by atoms with Gasteiger partial charge in [-0.1, -0.05) is 24.3 Å². The lowest BCUT2D eigenvalue weighted by Gasteiger charge is -2.15. The summed E-state index contributed by atoms with van der Waals surface area (Å²) in [5.74, 6) is 0.415. The fourth-order valence-electron chi connectivity index (χ4n) is 2.04. The van der Waals surface area contributed by atoms with Crippen molar-refractivity contribution in [2.75, 3.05) is 0 Å². The van der Waals surface area contributed by atoms with Crippen molar-refractivity contribution in [2.24, 2.45) is 16.5 Å². The summed E-state index contributed by atoms with van der Waals surface area (Å²) in [5, 5.41) is 20.2. The van der Waals surface area contributed by atoms with Crippen LogP contribution in [0, 0.1) is 5.41 Å². The van der Waals surface area contributed by atoms with Crippen LogP contribution in [0.3, 0.4) is 0 Å². The van der Waals surface area contributed by atoms with Gasteiger partial charge in [0.25, 0.3) is 0 Å². The van der Waals surface area contributed by atoms with Crippen molar-refractivity contribution < 1.29 is 5.11 Å². The predicted molar refractivity (Wildman–Crippen MR) is 93.7 cm³/mol. The Morgan fingerprint density at radius 1 is 1.35 bits per heavy atom. The van der Waals surface area contributed by atoms with Crippen molar-refractivity contribution in [1.29, 1.82) is 5.41 Å². The fraction of sp³-hybridized carbons (Fsp3) is 0.0588. The van der Waals surface area contributed by atoms with Gasteiger partial charge in [-0.3, -0.25) is 5.41 Å². The Labute approximate surface area is 134 Å². The summed E-state index contributed by atoms with van der Waals surface area (Å²) in [6.45, 7) is 1.87. The Morgan fingerprint density at radius 2 is 2.13 bits per heavy atom. The summed E-state index contributed by atoms with van der Waals surface area (Å²) in [7, 11) is 0. The molecule has 7 N–H and O–H groups in total. The molecule has 6 nitrogen and oxygen atoms in total. The summed E-state index contributed by atoms with van der Waals surface area (Å²) < 4.78 is 0. The minimum absolute atomic E-state index is 0.169. The molecule has 0 fully saturated rings. The number of rotatable bonds is 4. The van der Waals surface area contributed by atoms with Crippen molar-refractivity contribution in [3.63, 3.8) is 0 Å². The first kappa shape index (κ1) is 16.1. The summed E-state index contributed by atoms with van der Waals surface area (Å²) in [6, 6.07) is 6.85. The summed E-state index contributed by atoms with van der Waals surface area (Å²) >= 11 is 0. The standard InChI is InChI=1S/C17H19N5O/c1-2-3-7-14(18)15(16(19)20)17-21-9-12(10-22-17)11-5-4-6-13(23)8-11/h2-10,21,23H,18H2,1H3,(H3,19,20)/b3-2-,14-7-,17-15+. The molecule has 0 saturated carbocycles. The Balaban J connectivity index is 2.34. The maximum Gasteiger partial charge on any atom is 0.143 e. The zero-order valence-corrected chi connectivity index (χ0v) is 12.7. The third kappa shape index (κ3) is 3.88. The molecule has 1 aromatic carbocycles. The van der Waals surface area contributed by atoms with Crippen molar-refractivity contribution in [1.82, 2.24) is 5.32 Å². The first-order valence-electron chi connectivity index (χ1n) is 7.00. The van der Waals surface area contributed by atoms with Gasteiger partial charge >= 0.3 is 0 Å². The number of benzene rings is 1. The zero-order valence-electron chi connectivity index (χ0n) is 12.7. The Morgan fingerprint density at radius 3 is 2.70 bits per heavy atom. The molecule has 0 aliphatic carbocycles. The van der Waals surface area contributed by atoms with Gasteiger partial charge in [0.1, 0.15) is 17.4 Å². The molecule has 0 aromatic heterocycles. The minimum atomic E-state index is -0.169. The molecule has 0 saturated heterocycles. The van der Waals surface area contributed by atoms with E-state index in [1.165, 1.54) is 0 Å². The minimum Gasteiger partial charge on any atom is -0.508 e. The lowest BCUT2D eigenvalue weighted by atomic mass is 10.1. The van der Waals surface area contributed by atoms with Crippen LogP contribution < -0.4 is 16.8 Å².